The second-order valence-electron chi connectivity index (χ2n) is 4.25. The second-order valence-corrected chi connectivity index (χ2v) is 4.55. The molecule has 0 spiro atoms. The Balaban J connectivity index is 2.04. The maximum atomic E-state index is 13.4. The molecule has 2 heterocycles. The summed E-state index contributed by atoms with van der Waals surface area (Å²) in [6.07, 6.45) is 4.28. The van der Waals surface area contributed by atoms with Gasteiger partial charge in [0.05, 0.1) is 11.8 Å². The van der Waals surface area contributed by atoms with Crippen LogP contribution >= 0.6 is 11.6 Å². The molecule has 0 aliphatic carbocycles. The first-order valence-electron chi connectivity index (χ1n) is 5.67. The summed E-state index contributed by atoms with van der Waals surface area (Å²) in [5.74, 6) is 0.295. The summed E-state index contributed by atoms with van der Waals surface area (Å²) in [6.45, 7) is 1.30. The van der Waals surface area contributed by atoms with Gasteiger partial charge in [0, 0.05) is 25.2 Å². The van der Waals surface area contributed by atoms with Crippen LogP contribution in [0.25, 0.3) is 0 Å². The standard InChI is InChI=1S/C12H14ClFN2O/c13-7-9-2-5-16(6-3-9)12(17)10-1-4-15-8-11(10)14/h1,4,8-9H,2-3,5-7H2. The van der Waals surface area contributed by atoms with E-state index in [0.717, 1.165) is 19.0 Å². The van der Waals surface area contributed by atoms with Gasteiger partial charge in [0.25, 0.3) is 5.91 Å². The molecule has 0 atom stereocenters. The van der Waals surface area contributed by atoms with E-state index < -0.39 is 5.82 Å². The molecule has 0 bridgehead atoms. The van der Waals surface area contributed by atoms with Crippen molar-refractivity contribution in [1.82, 2.24) is 9.88 Å². The zero-order valence-corrected chi connectivity index (χ0v) is 10.2. The Morgan fingerprint density at radius 3 is 2.82 bits per heavy atom. The van der Waals surface area contributed by atoms with Gasteiger partial charge >= 0.3 is 0 Å². The zero-order chi connectivity index (χ0) is 12.3. The first-order chi connectivity index (χ1) is 8.22. The molecular formula is C12H14ClFN2O. The van der Waals surface area contributed by atoms with Crippen LogP contribution in [0.1, 0.15) is 23.2 Å². The van der Waals surface area contributed by atoms with Crippen LogP contribution in [0, 0.1) is 11.7 Å². The summed E-state index contributed by atoms with van der Waals surface area (Å²) in [6, 6.07) is 1.42. The summed E-state index contributed by atoms with van der Waals surface area (Å²) in [7, 11) is 0. The summed E-state index contributed by atoms with van der Waals surface area (Å²) in [4.78, 5) is 17.4. The molecule has 1 aliphatic heterocycles. The number of hydrogen-bond donors (Lipinski definition) is 0. The van der Waals surface area contributed by atoms with Gasteiger partial charge in [-0.1, -0.05) is 0 Å². The van der Waals surface area contributed by atoms with Crippen molar-refractivity contribution in [3.8, 4) is 0 Å². The highest BCUT2D eigenvalue weighted by atomic mass is 35.5. The molecule has 1 fully saturated rings. The van der Waals surface area contributed by atoms with Crippen LogP contribution in [0.4, 0.5) is 4.39 Å². The van der Waals surface area contributed by atoms with Gasteiger partial charge in [-0.3, -0.25) is 9.78 Å². The molecule has 92 valence electrons. The SMILES string of the molecule is O=C(c1ccncc1F)N1CCC(CCl)CC1. The molecule has 1 amide bonds. The highest BCUT2D eigenvalue weighted by Gasteiger charge is 2.24. The lowest BCUT2D eigenvalue weighted by Crippen LogP contribution is -2.39. The minimum absolute atomic E-state index is 0.101. The first kappa shape index (κ1) is 12.3. The van der Waals surface area contributed by atoms with Gasteiger partial charge in [0.2, 0.25) is 0 Å². The highest BCUT2D eigenvalue weighted by Crippen LogP contribution is 2.20. The molecule has 3 nitrogen and oxygen atoms in total. The average molecular weight is 257 g/mol. The van der Waals surface area contributed by atoms with E-state index in [9.17, 15) is 9.18 Å². The largest absolute Gasteiger partial charge is 0.339 e. The zero-order valence-electron chi connectivity index (χ0n) is 9.40. The predicted octanol–water partition coefficient (Wildman–Crippen LogP) is 2.31. The van der Waals surface area contributed by atoms with Crippen molar-refractivity contribution in [3.05, 3.63) is 29.8 Å². The Morgan fingerprint density at radius 2 is 2.24 bits per heavy atom. The third kappa shape index (κ3) is 2.75. The molecule has 0 saturated carbocycles. The Labute approximate surface area is 105 Å². The van der Waals surface area contributed by atoms with E-state index in [2.05, 4.69) is 4.98 Å². The normalized spacial score (nSPS) is 17.2. The van der Waals surface area contributed by atoms with E-state index in [1.807, 2.05) is 0 Å². The lowest BCUT2D eigenvalue weighted by atomic mass is 9.98. The van der Waals surface area contributed by atoms with Gasteiger partial charge in [-0.05, 0) is 24.8 Å². The quantitative estimate of drug-likeness (QED) is 0.761. The van der Waals surface area contributed by atoms with Crippen molar-refractivity contribution < 1.29 is 9.18 Å². The molecule has 1 aromatic rings. The Hall–Kier alpha value is -1.16. The van der Waals surface area contributed by atoms with Gasteiger partial charge in [-0.2, -0.15) is 0 Å². The predicted molar refractivity (Wildman–Crippen MR) is 63.5 cm³/mol. The molecule has 17 heavy (non-hydrogen) atoms. The fourth-order valence-electron chi connectivity index (χ4n) is 2.01. The Morgan fingerprint density at radius 1 is 1.53 bits per heavy atom. The van der Waals surface area contributed by atoms with Gasteiger partial charge in [0.1, 0.15) is 0 Å². The van der Waals surface area contributed by atoms with Crippen LogP contribution in [-0.2, 0) is 0 Å². The van der Waals surface area contributed by atoms with Crippen LogP contribution in [-0.4, -0.2) is 34.8 Å². The van der Waals surface area contributed by atoms with E-state index in [1.165, 1.54) is 12.3 Å². The summed E-state index contributed by atoms with van der Waals surface area (Å²) in [5.41, 5.74) is 0.101. The maximum absolute atomic E-state index is 13.4. The number of alkyl halides is 1. The van der Waals surface area contributed by atoms with E-state index in [0.29, 0.717) is 24.9 Å². The first-order valence-corrected chi connectivity index (χ1v) is 6.20. The molecule has 5 heteroatoms. The van der Waals surface area contributed by atoms with Crippen molar-refractivity contribution in [2.75, 3.05) is 19.0 Å². The topological polar surface area (TPSA) is 33.2 Å². The molecular weight excluding hydrogens is 243 g/mol. The number of hydrogen-bond acceptors (Lipinski definition) is 2. The average Bonchev–Trinajstić information content (AvgIpc) is 2.39. The van der Waals surface area contributed by atoms with Crippen LogP contribution in [0.3, 0.4) is 0 Å². The Kier molecular flexibility index (Phi) is 3.94. The lowest BCUT2D eigenvalue weighted by Gasteiger charge is -2.31. The third-order valence-corrected chi connectivity index (χ3v) is 3.56. The molecule has 0 radical (unpaired) electrons. The van der Waals surface area contributed by atoms with E-state index >= 15 is 0 Å². The van der Waals surface area contributed by atoms with Crippen molar-refractivity contribution in [1.29, 1.82) is 0 Å². The number of piperidine rings is 1. The number of halogens is 2. The van der Waals surface area contributed by atoms with Crippen molar-refractivity contribution in [3.63, 3.8) is 0 Å². The maximum Gasteiger partial charge on any atom is 0.256 e. The van der Waals surface area contributed by atoms with Crippen molar-refractivity contribution >= 4 is 17.5 Å². The van der Waals surface area contributed by atoms with Gasteiger partial charge in [-0.25, -0.2) is 4.39 Å². The summed E-state index contributed by atoms with van der Waals surface area (Å²) >= 11 is 5.78. The van der Waals surface area contributed by atoms with Crippen molar-refractivity contribution in [2.45, 2.75) is 12.8 Å². The van der Waals surface area contributed by atoms with Crippen LogP contribution in [0.15, 0.2) is 18.5 Å². The number of amides is 1. The summed E-state index contributed by atoms with van der Waals surface area (Å²) in [5, 5.41) is 0. The number of carbonyl (C=O) groups excluding carboxylic acids is 1. The van der Waals surface area contributed by atoms with E-state index in [-0.39, 0.29) is 11.5 Å². The number of aromatic nitrogens is 1. The van der Waals surface area contributed by atoms with Gasteiger partial charge in [-0.15, -0.1) is 11.6 Å². The van der Waals surface area contributed by atoms with E-state index in [4.69, 9.17) is 11.6 Å². The number of nitrogens with zero attached hydrogens (tertiary/aromatic N) is 2. The molecule has 0 unspecified atom stereocenters. The number of rotatable bonds is 2. The summed E-state index contributed by atoms with van der Waals surface area (Å²) < 4.78 is 13.4. The highest BCUT2D eigenvalue weighted by molar-refractivity contribution is 6.18. The molecule has 2 rings (SSSR count). The number of carbonyl (C=O) groups is 1. The van der Waals surface area contributed by atoms with E-state index in [1.54, 1.807) is 4.90 Å². The number of likely N-dealkylation sites (tertiary alicyclic amines) is 1. The lowest BCUT2D eigenvalue weighted by molar-refractivity contribution is 0.0693. The minimum Gasteiger partial charge on any atom is -0.339 e. The monoisotopic (exact) mass is 256 g/mol. The second kappa shape index (κ2) is 5.45. The van der Waals surface area contributed by atoms with Crippen LogP contribution in [0.2, 0.25) is 0 Å². The Bertz CT molecular complexity index is 405. The third-order valence-electron chi connectivity index (χ3n) is 3.12. The molecule has 1 aliphatic rings. The van der Waals surface area contributed by atoms with Crippen molar-refractivity contribution in [2.24, 2.45) is 5.92 Å². The molecule has 1 aromatic heterocycles. The van der Waals surface area contributed by atoms with Gasteiger partial charge < -0.3 is 4.90 Å². The molecule has 1 saturated heterocycles. The number of pyridine rings is 1. The molecule has 0 aromatic carbocycles. The fraction of sp³-hybridized carbons (Fsp3) is 0.500. The smallest absolute Gasteiger partial charge is 0.256 e. The van der Waals surface area contributed by atoms with Crippen LogP contribution < -0.4 is 0 Å². The van der Waals surface area contributed by atoms with Crippen LogP contribution in [0.5, 0.6) is 0 Å². The molecule has 0 N–H and O–H groups in total. The van der Waals surface area contributed by atoms with Gasteiger partial charge in [0.15, 0.2) is 5.82 Å². The minimum atomic E-state index is -0.558. The fourth-order valence-corrected chi connectivity index (χ4v) is 2.32.